The van der Waals surface area contributed by atoms with Crippen LogP contribution in [0.15, 0.2) is 24.3 Å². The van der Waals surface area contributed by atoms with Gasteiger partial charge in [-0.05, 0) is 44.4 Å². The van der Waals surface area contributed by atoms with Crippen LogP contribution in [0, 0.1) is 16.7 Å². The summed E-state index contributed by atoms with van der Waals surface area (Å²) in [5.41, 5.74) is 1.29. The van der Waals surface area contributed by atoms with Crippen molar-refractivity contribution in [3.8, 4) is 6.07 Å². The lowest BCUT2D eigenvalue weighted by molar-refractivity contribution is -0.146. The van der Waals surface area contributed by atoms with Gasteiger partial charge >= 0.3 is 6.03 Å². The van der Waals surface area contributed by atoms with Crippen molar-refractivity contribution in [2.45, 2.75) is 57.6 Å². The third kappa shape index (κ3) is 3.25. The molecule has 5 heteroatoms. The molecule has 5 nitrogen and oxygen atoms in total. The van der Waals surface area contributed by atoms with Gasteiger partial charge in [-0.3, -0.25) is 0 Å². The predicted octanol–water partition coefficient (Wildman–Crippen LogP) is 3.81. The van der Waals surface area contributed by atoms with E-state index < -0.39 is 0 Å². The summed E-state index contributed by atoms with van der Waals surface area (Å²) >= 11 is 0. The summed E-state index contributed by atoms with van der Waals surface area (Å²) < 4.78 is 5.92. The zero-order valence-corrected chi connectivity index (χ0v) is 14.2. The third-order valence-corrected chi connectivity index (χ3v) is 5.49. The van der Waals surface area contributed by atoms with Crippen molar-refractivity contribution in [3.63, 3.8) is 0 Å². The van der Waals surface area contributed by atoms with Crippen LogP contribution in [-0.4, -0.2) is 24.8 Å². The van der Waals surface area contributed by atoms with E-state index in [1.165, 1.54) is 19.3 Å². The molecule has 0 unspecified atom stereocenters. The second kappa shape index (κ2) is 7.23. The molecule has 0 radical (unpaired) electrons. The number of ether oxygens (including phenoxy) is 1. The summed E-state index contributed by atoms with van der Waals surface area (Å²) in [5.74, 6) is 0. The Hall–Kier alpha value is -2.06. The molecule has 0 saturated heterocycles. The van der Waals surface area contributed by atoms with Crippen LogP contribution in [-0.2, 0) is 4.74 Å². The number of carbonyl (C=O) groups is 1. The molecule has 1 spiro atoms. The third-order valence-electron chi connectivity index (χ3n) is 5.49. The van der Waals surface area contributed by atoms with Crippen LogP contribution in [0.25, 0.3) is 0 Å². The Kier molecular flexibility index (Phi) is 5.06. The largest absolute Gasteiger partial charge is 0.378 e. The zero-order chi connectivity index (χ0) is 17.0. The average molecular weight is 327 g/mol. The van der Waals surface area contributed by atoms with Crippen LogP contribution >= 0.6 is 0 Å². The molecule has 0 bridgehead atoms. The number of amides is 2. The van der Waals surface area contributed by atoms with Crippen LogP contribution in [0.4, 0.5) is 10.5 Å². The van der Waals surface area contributed by atoms with E-state index >= 15 is 0 Å². The van der Waals surface area contributed by atoms with E-state index in [0.29, 0.717) is 11.3 Å². The molecule has 2 atom stereocenters. The fraction of sp³-hybridized carbons (Fsp3) is 0.579. The lowest BCUT2D eigenvalue weighted by Gasteiger charge is -2.57. The molecule has 2 aliphatic carbocycles. The highest BCUT2D eigenvalue weighted by Crippen LogP contribution is 2.53. The maximum absolute atomic E-state index is 12.4. The molecule has 3 rings (SSSR count). The first-order chi connectivity index (χ1) is 11.7. The fourth-order valence-corrected chi connectivity index (χ4v) is 4.26. The molecule has 1 aromatic rings. The summed E-state index contributed by atoms with van der Waals surface area (Å²) in [6, 6.07) is 9.02. The van der Waals surface area contributed by atoms with Gasteiger partial charge in [0.25, 0.3) is 0 Å². The van der Waals surface area contributed by atoms with Crippen molar-refractivity contribution < 1.29 is 9.53 Å². The quantitative estimate of drug-likeness (QED) is 0.883. The van der Waals surface area contributed by atoms with Gasteiger partial charge in [0.1, 0.15) is 0 Å². The highest BCUT2D eigenvalue weighted by atomic mass is 16.5. The van der Waals surface area contributed by atoms with E-state index in [-0.39, 0.29) is 23.6 Å². The normalized spacial score (nSPS) is 24.7. The predicted molar refractivity (Wildman–Crippen MR) is 92.6 cm³/mol. The van der Waals surface area contributed by atoms with Gasteiger partial charge in [-0.1, -0.05) is 25.3 Å². The molecule has 2 fully saturated rings. The second-order valence-corrected chi connectivity index (χ2v) is 6.82. The van der Waals surface area contributed by atoms with Crippen molar-refractivity contribution in [1.29, 1.82) is 5.26 Å². The van der Waals surface area contributed by atoms with Gasteiger partial charge in [-0.2, -0.15) is 5.26 Å². The number of anilines is 1. The standard InChI is InChI=1S/C19H25N3O2/c1-2-24-17-12-16(19(17)9-4-3-5-10-19)22-18(23)21-15-8-6-7-14(11-15)13-20/h6-8,11,16-17H,2-5,9-10,12H2,1H3,(H2,21,22,23)/t16-,17+/m0/s1. The lowest BCUT2D eigenvalue weighted by Crippen LogP contribution is -2.65. The summed E-state index contributed by atoms with van der Waals surface area (Å²) in [6.45, 7) is 2.76. The summed E-state index contributed by atoms with van der Waals surface area (Å²) in [7, 11) is 0. The molecule has 1 aromatic carbocycles. The molecule has 24 heavy (non-hydrogen) atoms. The van der Waals surface area contributed by atoms with E-state index in [9.17, 15) is 4.79 Å². The highest BCUT2D eigenvalue weighted by Gasteiger charge is 2.56. The number of hydrogen-bond acceptors (Lipinski definition) is 3. The number of hydrogen-bond donors (Lipinski definition) is 2. The van der Waals surface area contributed by atoms with Gasteiger partial charge in [-0.15, -0.1) is 0 Å². The molecule has 2 aliphatic rings. The number of nitrogens with zero attached hydrogens (tertiary/aromatic N) is 1. The van der Waals surface area contributed by atoms with Crippen molar-refractivity contribution in [1.82, 2.24) is 5.32 Å². The minimum Gasteiger partial charge on any atom is -0.378 e. The molecule has 2 N–H and O–H groups in total. The van der Waals surface area contributed by atoms with Crippen LogP contribution in [0.1, 0.15) is 51.0 Å². The van der Waals surface area contributed by atoms with Crippen molar-refractivity contribution in [2.24, 2.45) is 5.41 Å². The van der Waals surface area contributed by atoms with E-state index in [2.05, 4.69) is 16.7 Å². The fourth-order valence-electron chi connectivity index (χ4n) is 4.26. The Bertz CT molecular complexity index is 632. The Morgan fingerprint density at radius 3 is 2.88 bits per heavy atom. The van der Waals surface area contributed by atoms with E-state index in [0.717, 1.165) is 25.9 Å². The van der Waals surface area contributed by atoms with Gasteiger partial charge in [0.15, 0.2) is 0 Å². The molecule has 0 heterocycles. The monoisotopic (exact) mass is 327 g/mol. The molecule has 128 valence electrons. The van der Waals surface area contributed by atoms with Crippen LogP contribution in [0.3, 0.4) is 0 Å². The second-order valence-electron chi connectivity index (χ2n) is 6.82. The van der Waals surface area contributed by atoms with Gasteiger partial charge in [0, 0.05) is 23.8 Å². The Balaban J connectivity index is 1.62. The molecule has 0 aromatic heterocycles. The van der Waals surface area contributed by atoms with Crippen LogP contribution in [0.2, 0.25) is 0 Å². The minimum absolute atomic E-state index is 0.111. The molecule has 2 saturated carbocycles. The van der Waals surface area contributed by atoms with Gasteiger partial charge in [-0.25, -0.2) is 4.79 Å². The average Bonchev–Trinajstić information content (AvgIpc) is 2.61. The first-order valence-corrected chi connectivity index (χ1v) is 8.87. The molecule has 0 aliphatic heterocycles. The first kappa shape index (κ1) is 16.8. The van der Waals surface area contributed by atoms with E-state index in [4.69, 9.17) is 10.00 Å². The minimum atomic E-state index is -0.199. The Morgan fingerprint density at radius 2 is 2.17 bits per heavy atom. The smallest absolute Gasteiger partial charge is 0.319 e. The molecular weight excluding hydrogens is 302 g/mol. The van der Waals surface area contributed by atoms with E-state index in [1.807, 2.05) is 6.92 Å². The van der Waals surface area contributed by atoms with Crippen molar-refractivity contribution in [3.05, 3.63) is 29.8 Å². The van der Waals surface area contributed by atoms with Gasteiger partial charge in [0.2, 0.25) is 0 Å². The number of carbonyl (C=O) groups excluding carboxylic acids is 1. The topological polar surface area (TPSA) is 74.2 Å². The van der Waals surface area contributed by atoms with Gasteiger partial charge < -0.3 is 15.4 Å². The van der Waals surface area contributed by atoms with Crippen molar-refractivity contribution >= 4 is 11.7 Å². The summed E-state index contributed by atoms with van der Waals surface area (Å²) in [6.07, 6.45) is 7.13. The first-order valence-electron chi connectivity index (χ1n) is 8.87. The zero-order valence-electron chi connectivity index (χ0n) is 14.2. The Morgan fingerprint density at radius 1 is 1.38 bits per heavy atom. The number of urea groups is 1. The number of nitrogens with one attached hydrogen (secondary N) is 2. The summed E-state index contributed by atoms with van der Waals surface area (Å²) in [4.78, 5) is 12.4. The SMILES string of the molecule is CCO[C@@H]1C[C@H](NC(=O)Nc2cccc(C#N)c2)C12CCCCC2. The Labute approximate surface area is 143 Å². The lowest BCUT2D eigenvalue weighted by atomic mass is 9.55. The van der Waals surface area contributed by atoms with Gasteiger partial charge in [0.05, 0.1) is 17.7 Å². The maximum Gasteiger partial charge on any atom is 0.319 e. The van der Waals surface area contributed by atoms with Crippen LogP contribution < -0.4 is 10.6 Å². The maximum atomic E-state index is 12.4. The summed E-state index contributed by atoms with van der Waals surface area (Å²) in [5, 5.41) is 14.9. The molecule has 2 amide bonds. The van der Waals surface area contributed by atoms with Crippen molar-refractivity contribution in [2.75, 3.05) is 11.9 Å². The number of nitriles is 1. The molecular formula is C19H25N3O2. The highest BCUT2D eigenvalue weighted by molar-refractivity contribution is 5.89. The number of rotatable bonds is 4. The van der Waals surface area contributed by atoms with Crippen LogP contribution in [0.5, 0.6) is 0 Å². The number of benzene rings is 1. The van der Waals surface area contributed by atoms with E-state index in [1.54, 1.807) is 24.3 Å².